The highest BCUT2D eigenvalue weighted by Gasteiger charge is 2.34. The number of hydrogen-bond donors (Lipinski definition) is 3. The normalized spacial score (nSPS) is 23.0. The summed E-state index contributed by atoms with van der Waals surface area (Å²) in [5.41, 5.74) is 1.35. The van der Waals surface area contributed by atoms with Crippen LogP contribution in [-0.2, 0) is 4.79 Å². The van der Waals surface area contributed by atoms with E-state index in [0.717, 1.165) is 50.5 Å². The summed E-state index contributed by atoms with van der Waals surface area (Å²) in [5.74, 6) is -0.354. The number of carbonyl (C=O) groups is 1. The van der Waals surface area contributed by atoms with Crippen LogP contribution in [0.5, 0.6) is 0 Å². The Bertz CT molecular complexity index is 673. The molecule has 0 aromatic heterocycles. The smallest absolute Gasteiger partial charge is 0.303 e. The molecule has 1 saturated carbocycles. The van der Waals surface area contributed by atoms with E-state index in [2.05, 4.69) is 0 Å². The van der Waals surface area contributed by atoms with Gasteiger partial charge in [-0.25, -0.2) is 4.39 Å². The molecule has 0 heterocycles. The number of aliphatic hydroxyl groups is 2. The number of carboxylic acids is 1. The third kappa shape index (κ3) is 8.27. The Morgan fingerprint density at radius 1 is 1.21 bits per heavy atom. The van der Waals surface area contributed by atoms with E-state index >= 15 is 0 Å². The van der Waals surface area contributed by atoms with Crippen molar-refractivity contribution in [1.29, 1.82) is 0 Å². The van der Waals surface area contributed by atoms with Crippen LogP contribution in [0.4, 0.5) is 4.39 Å². The molecule has 0 saturated heterocycles. The first-order valence-corrected chi connectivity index (χ1v) is 10.9. The number of halogens is 1. The quantitative estimate of drug-likeness (QED) is 0.422. The predicted octanol–water partition coefficient (Wildman–Crippen LogP) is 5.10. The van der Waals surface area contributed by atoms with E-state index in [1.165, 1.54) is 6.07 Å². The summed E-state index contributed by atoms with van der Waals surface area (Å²) < 4.78 is 13.9. The maximum atomic E-state index is 13.9. The van der Waals surface area contributed by atoms with Gasteiger partial charge in [0.05, 0.1) is 12.2 Å². The van der Waals surface area contributed by atoms with Gasteiger partial charge in [-0.1, -0.05) is 43.5 Å². The van der Waals surface area contributed by atoms with Gasteiger partial charge in [0.1, 0.15) is 5.82 Å². The molecule has 0 amide bonds. The third-order valence-electron chi connectivity index (χ3n) is 6.10. The monoisotopic (exact) mass is 406 g/mol. The first kappa shape index (κ1) is 23.6. The molecule has 162 valence electrons. The predicted molar refractivity (Wildman–Crippen MR) is 113 cm³/mol. The van der Waals surface area contributed by atoms with Crippen molar-refractivity contribution in [3.8, 4) is 0 Å². The van der Waals surface area contributed by atoms with Gasteiger partial charge in [0, 0.05) is 12.0 Å². The fourth-order valence-electron chi connectivity index (χ4n) is 4.39. The molecule has 0 radical (unpaired) electrons. The van der Waals surface area contributed by atoms with Crippen LogP contribution in [0.2, 0.25) is 0 Å². The molecular weight excluding hydrogens is 371 g/mol. The molecule has 4 nitrogen and oxygen atoms in total. The lowest BCUT2D eigenvalue weighted by molar-refractivity contribution is -0.137. The average molecular weight is 407 g/mol. The number of rotatable bonds is 12. The van der Waals surface area contributed by atoms with Gasteiger partial charge in [0.25, 0.3) is 0 Å². The van der Waals surface area contributed by atoms with Crippen molar-refractivity contribution >= 4 is 12.0 Å². The number of unbranched alkanes of at least 4 members (excludes halogenated alkanes) is 3. The Labute approximate surface area is 173 Å². The molecule has 0 aliphatic heterocycles. The maximum Gasteiger partial charge on any atom is 0.303 e. The van der Waals surface area contributed by atoms with Crippen LogP contribution in [0.15, 0.2) is 24.3 Å². The van der Waals surface area contributed by atoms with E-state index in [1.54, 1.807) is 18.2 Å². The number of carboxylic acid groups (broad SMARTS) is 1. The third-order valence-corrected chi connectivity index (χ3v) is 6.10. The van der Waals surface area contributed by atoms with Gasteiger partial charge in [-0.2, -0.15) is 0 Å². The minimum atomic E-state index is -0.742. The molecule has 1 unspecified atom stereocenters. The van der Waals surface area contributed by atoms with E-state index < -0.39 is 12.1 Å². The Morgan fingerprint density at radius 2 is 1.97 bits per heavy atom. The summed E-state index contributed by atoms with van der Waals surface area (Å²) in [6.45, 7) is 1.84. The molecule has 4 atom stereocenters. The average Bonchev–Trinajstić information content (AvgIpc) is 3.01. The minimum Gasteiger partial charge on any atom is -0.481 e. The van der Waals surface area contributed by atoms with Crippen LogP contribution in [-0.4, -0.2) is 33.5 Å². The van der Waals surface area contributed by atoms with Crippen LogP contribution in [0.25, 0.3) is 6.08 Å². The van der Waals surface area contributed by atoms with E-state index in [1.807, 2.05) is 13.0 Å². The second-order valence-electron chi connectivity index (χ2n) is 8.44. The van der Waals surface area contributed by atoms with Crippen molar-refractivity contribution in [2.24, 2.45) is 11.8 Å². The van der Waals surface area contributed by atoms with E-state index in [-0.39, 0.29) is 24.3 Å². The van der Waals surface area contributed by atoms with Gasteiger partial charge < -0.3 is 15.3 Å². The molecule has 1 aromatic carbocycles. The lowest BCUT2D eigenvalue weighted by Crippen LogP contribution is -2.20. The Kier molecular flexibility index (Phi) is 9.82. The Balaban J connectivity index is 1.73. The molecule has 2 rings (SSSR count). The van der Waals surface area contributed by atoms with Crippen LogP contribution in [0, 0.1) is 24.6 Å². The lowest BCUT2D eigenvalue weighted by atomic mass is 9.85. The van der Waals surface area contributed by atoms with Crippen LogP contribution >= 0.6 is 0 Å². The second-order valence-corrected chi connectivity index (χ2v) is 8.44. The first-order chi connectivity index (χ1) is 13.9. The van der Waals surface area contributed by atoms with Crippen molar-refractivity contribution in [3.63, 3.8) is 0 Å². The summed E-state index contributed by atoms with van der Waals surface area (Å²) >= 11 is 0. The Morgan fingerprint density at radius 3 is 2.69 bits per heavy atom. The zero-order valence-corrected chi connectivity index (χ0v) is 17.4. The Hall–Kier alpha value is -1.72. The molecule has 29 heavy (non-hydrogen) atoms. The van der Waals surface area contributed by atoms with Gasteiger partial charge >= 0.3 is 5.97 Å². The van der Waals surface area contributed by atoms with Gasteiger partial charge in [0.15, 0.2) is 0 Å². The van der Waals surface area contributed by atoms with Crippen LogP contribution in [0.1, 0.15) is 75.3 Å². The highest BCUT2D eigenvalue weighted by atomic mass is 19.1. The molecule has 1 aromatic rings. The van der Waals surface area contributed by atoms with Gasteiger partial charge in [0.2, 0.25) is 0 Å². The highest BCUT2D eigenvalue weighted by molar-refractivity contribution is 5.66. The molecule has 3 N–H and O–H groups in total. The summed E-state index contributed by atoms with van der Waals surface area (Å²) in [6, 6.07) is 5.05. The fourth-order valence-corrected chi connectivity index (χ4v) is 4.39. The van der Waals surface area contributed by atoms with Crippen LogP contribution in [0.3, 0.4) is 0 Å². The second kappa shape index (κ2) is 12.1. The number of aryl methyl sites for hydroxylation is 1. The van der Waals surface area contributed by atoms with Crippen molar-refractivity contribution in [1.82, 2.24) is 0 Å². The zero-order chi connectivity index (χ0) is 21.2. The molecule has 0 bridgehead atoms. The fraction of sp³-hybridized carbons (Fsp3) is 0.625. The number of hydrogen-bond acceptors (Lipinski definition) is 3. The van der Waals surface area contributed by atoms with Gasteiger partial charge in [-0.15, -0.1) is 0 Å². The van der Waals surface area contributed by atoms with Crippen molar-refractivity contribution in [3.05, 3.63) is 41.2 Å². The van der Waals surface area contributed by atoms with Gasteiger partial charge in [-0.3, -0.25) is 4.79 Å². The molecule has 1 aliphatic rings. The number of benzene rings is 1. The molecule has 1 aliphatic carbocycles. The maximum absolute atomic E-state index is 13.9. The van der Waals surface area contributed by atoms with Crippen LogP contribution < -0.4 is 0 Å². The largest absolute Gasteiger partial charge is 0.481 e. The first-order valence-electron chi connectivity index (χ1n) is 10.9. The summed E-state index contributed by atoms with van der Waals surface area (Å²) in [5, 5.41) is 29.2. The van der Waals surface area contributed by atoms with E-state index in [4.69, 9.17) is 5.11 Å². The van der Waals surface area contributed by atoms with Gasteiger partial charge in [-0.05, 0) is 68.9 Å². The zero-order valence-electron chi connectivity index (χ0n) is 17.4. The summed E-state index contributed by atoms with van der Waals surface area (Å²) in [4.78, 5) is 10.5. The van der Waals surface area contributed by atoms with Crippen molar-refractivity contribution in [2.75, 3.05) is 0 Å². The topological polar surface area (TPSA) is 77.8 Å². The van der Waals surface area contributed by atoms with Crippen molar-refractivity contribution in [2.45, 2.75) is 83.3 Å². The highest BCUT2D eigenvalue weighted by Crippen LogP contribution is 2.38. The minimum absolute atomic E-state index is 0.229. The lowest BCUT2D eigenvalue weighted by Gasteiger charge is -2.22. The van der Waals surface area contributed by atoms with E-state index in [0.29, 0.717) is 24.3 Å². The molecule has 5 heteroatoms. The van der Waals surface area contributed by atoms with Crippen molar-refractivity contribution < 1.29 is 24.5 Å². The van der Waals surface area contributed by atoms with E-state index in [9.17, 15) is 19.4 Å². The summed E-state index contributed by atoms with van der Waals surface area (Å²) in [6.07, 6.45) is 10.5. The number of aliphatic hydroxyl groups excluding tert-OH is 2. The SMILES string of the molecule is Cc1ccc(/C=C/C(O)CC[C@H]2CC[C@H](O)[C@@H]2CCCCCCC(=O)O)c(F)c1. The molecular formula is C24H35FO4. The molecule has 1 fully saturated rings. The summed E-state index contributed by atoms with van der Waals surface area (Å²) in [7, 11) is 0. The number of aliphatic carboxylic acids is 1. The standard InChI is InChI=1S/C24H35FO4/c1-17-8-9-19(22(25)16-17)11-14-20(26)13-10-18-12-15-23(27)21(18)6-4-2-3-5-7-24(28)29/h8-9,11,14,16,18,20-21,23,26-27H,2-7,10,12-13,15H2,1H3,(H,28,29)/b14-11+/t18-,20?,21+,23-/m0/s1. The molecule has 0 spiro atoms.